The average molecular weight is 293 g/mol. The molecule has 1 saturated heterocycles. The Labute approximate surface area is 114 Å². The lowest BCUT2D eigenvalue weighted by Gasteiger charge is -2.37. The van der Waals surface area contributed by atoms with E-state index in [1.54, 1.807) is 0 Å². The van der Waals surface area contributed by atoms with Gasteiger partial charge in [0.1, 0.15) is 0 Å². The predicted molar refractivity (Wildman–Crippen MR) is 68.8 cm³/mol. The van der Waals surface area contributed by atoms with E-state index < -0.39 is 11.2 Å². The van der Waals surface area contributed by atoms with Crippen molar-refractivity contribution in [1.29, 1.82) is 0 Å². The number of hydrogen-bond donors (Lipinski definition) is 1. The Morgan fingerprint density at radius 2 is 2.26 bits per heavy atom. The smallest absolute Gasteiger partial charge is 0.327 e. The third-order valence-corrected chi connectivity index (χ3v) is 4.45. The predicted octanol–water partition coefficient (Wildman–Crippen LogP) is 2.86. The summed E-state index contributed by atoms with van der Waals surface area (Å²) >= 11 is 0.729. The standard InChI is InChI=1S/C12H18F3N3S/c1-8(16)10-4-2-3-5-18(10)7-9-6-17-11(19-9)12(13,14)15/h6,8,10H,2-5,7,16H2,1H3. The zero-order chi connectivity index (χ0) is 14.0. The largest absolute Gasteiger partial charge is 0.443 e. The Morgan fingerprint density at radius 1 is 1.53 bits per heavy atom. The quantitative estimate of drug-likeness (QED) is 0.932. The van der Waals surface area contributed by atoms with Gasteiger partial charge >= 0.3 is 6.18 Å². The van der Waals surface area contributed by atoms with Crippen LogP contribution in [0.5, 0.6) is 0 Å². The van der Waals surface area contributed by atoms with E-state index in [0.717, 1.165) is 37.1 Å². The van der Waals surface area contributed by atoms with Gasteiger partial charge in [0.25, 0.3) is 0 Å². The van der Waals surface area contributed by atoms with Crippen LogP contribution >= 0.6 is 11.3 Å². The topological polar surface area (TPSA) is 42.1 Å². The van der Waals surface area contributed by atoms with Crippen molar-refractivity contribution in [2.75, 3.05) is 6.54 Å². The monoisotopic (exact) mass is 293 g/mol. The van der Waals surface area contributed by atoms with Crippen LogP contribution in [0.25, 0.3) is 0 Å². The van der Waals surface area contributed by atoms with Crippen LogP contribution in [0.3, 0.4) is 0 Å². The Hall–Kier alpha value is -0.660. The fourth-order valence-electron chi connectivity index (χ4n) is 2.52. The summed E-state index contributed by atoms with van der Waals surface area (Å²) in [6.07, 6.45) is 0.224. The number of piperidine rings is 1. The summed E-state index contributed by atoms with van der Waals surface area (Å²) in [6.45, 7) is 3.36. The second-order valence-electron chi connectivity index (χ2n) is 5.02. The highest BCUT2D eigenvalue weighted by Crippen LogP contribution is 2.33. The van der Waals surface area contributed by atoms with Crippen molar-refractivity contribution in [3.63, 3.8) is 0 Å². The van der Waals surface area contributed by atoms with Gasteiger partial charge in [0.15, 0.2) is 5.01 Å². The molecule has 2 unspecified atom stereocenters. The summed E-state index contributed by atoms with van der Waals surface area (Å²) < 4.78 is 37.5. The molecule has 0 amide bonds. The number of aromatic nitrogens is 1. The summed E-state index contributed by atoms with van der Waals surface area (Å²) in [5.74, 6) is 0. The Bertz CT molecular complexity index is 417. The first-order chi connectivity index (χ1) is 8.88. The number of nitrogens with zero attached hydrogens (tertiary/aromatic N) is 2. The van der Waals surface area contributed by atoms with Gasteiger partial charge in [0.2, 0.25) is 0 Å². The zero-order valence-corrected chi connectivity index (χ0v) is 11.6. The van der Waals surface area contributed by atoms with Gasteiger partial charge in [0, 0.05) is 29.7 Å². The lowest BCUT2D eigenvalue weighted by Crippen LogP contribution is -2.48. The highest BCUT2D eigenvalue weighted by Gasteiger charge is 2.35. The number of hydrogen-bond acceptors (Lipinski definition) is 4. The van der Waals surface area contributed by atoms with Crippen LogP contribution < -0.4 is 5.73 Å². The molecule has 0 spiro atoms. The van der Waals surface area contributed by atoms with E-state index in [1.165, 1.54) is 6.20 Å². The van der Waals surface area contributed by atoms with Gasteiger partial charge in [-0.1, -0.05) is 6.42 Å². The van der Waals surface area contributed by atoms with Crippen LogP contribution in [-0.4, -0.2) is 28.5 Å². The summed E-state index contributed by atoms with van der Waals surface area (Å²) in [7, 11) is 0. The molecule has 1 aliphatic rings. The minimum absolute atomic E-state index is 0.0373. The van der Waals surface area contributed by atoms with Crippen LogP contribution in [0.4, 0.5) is 13.2 Å². The van der Waals surface area contributed by atoms with Crippen LogP contribution in [-0.2, 0) is 12.7 Å². The molecule has 0 aromatic carbocycles. The van der Waals surface area contributed by atoms with Crippen molar-refractivity contribution in [3.8, 4) is 0 Å². The van der Waals surface area contributed by atoms with Gasteiger partial charge in [-0.3, -0.25) is 4.90 Å². The van der Waals surface area contributed by atoms with Gasteiger partial charge in [-0.15, -0.1) is 11.3 Å². The normalized spacial score (nSPS) is 23.5. The fraction of sp³-hybridized carbons (Fsp3) is 0.750. The fourth-order valence-corrected chi connectivity index (χ4v) is 3.33. The van der Waals surface area contributed by atoms with Crippen molar-refractivity contribution in [2.45, 2.75) is 51.0 Å². The first kappa shape index (κ1) is 14.7. The van der Waals surface area contributed by atoms with Gasteiger partial charge in [-0.2, -0.15) is 13.2 Å². The molecule has 1 aromatic rings. The van der Waals surface area contributed by atoms with Crippen molar-refractivity contribution in [2.24, 2.45) is 5.73 Å². The number of rotatable bonds is 3. The number of likely N-dealkylation sites (tertiary alicyclic amines) is 1. The molecule has 108 valence electrons. The molecule has 0 bridgehead atoms. The van der Waals surface area contributed by atoms with E-state index in [-0.39, 0.29) is 12.1 Å². The van der Waals surface area contributed by atoms with Crippen molar-refractivity contribution < 1.29 is 13.2 Å². The summed E-state index contributed by atoms with van der Waals surface area (Å²) in [5.41, 5.74) is 5.95. The van der Waals surface area contributed by atoms with Crippen molar-refractivity contribution in [3.05, 3.63) is 16.1 Å². The second kappa shape index (κ2) is 5.76. The highest BCUT2D eigenvalue weighted by atomic mass is 32.1. The number of alkyl halides is 3. The molecule has 0 aliphatic carbocycles. The zero-order valence-electron chi connectivity index (χ0n) is 10.8. The Kier molecular flexibility index (Phi) is 4.47. The number of thiazole rings is 1. The molecule has 2 atom stereocenters. The third-order valence-electron chi connectivity index (χ3n) is 3.43. The van der Waals surface area contributed by atoms with E-state index in [4.69, 9.17) is 5.73 Å². The van der Waals surface area contributed by atoms with E-state index in [2.05, 4.69) is 9.88 Å². The summed E-state index contributed by atoms with van der Waals surface area (Å²) in [6, 6.07) is 0.292. The molecule has 3 nitrogen and oxygen atoms in total. The lowest BCUT2D eigenvalue weighted by atomic mass is 9.97. The van der Waals surface area contributed by atoms with Gasteiger partial charge < -0.3 is 5.73 Å². The van der Waals surface area contributed by atoms with E-state index >= 15 is 0 Å². The molecule has 0 saturated carbocycles. The molecular weight excluding hydrogens is 275 g/mol. The van der Waals surface area contributed by atoms with Crippen LogP contribution in [0.2, 0.25) is 0 Å². The van der Waals surface area contributed by atoms with E-state index in [0.29, 0.717) is 11.4 Å². The number of nitrogens with two attached hydrogens (primary N) is 1. The summed E-state index contributed by atoms with van der Waals surface area (Å²) in [5, 5.41) is -0.767. The molecule has 0 radical (unpaired) electrons. The lowest BCUT2D eigenvalue weighted by molar-refractivity contribution is -0.137. The highest BCUT2D eigenvalue weighted by molar-refractivity contribution is 7.11. The molecule has 1 fully saturated rings. The maximum absolute atomic E-state index is 12.5. The second-order valence-corrected chi connectivity index (χ2v) is 6.14. The Balaban J connectivity index is 2.05. The molecular formula is C12H18F3N3S. The first-order valence-electron chi connectivity index (χ1n) is 6.39. The number of halogens is 3. The molecule has 1 aliphatic heterocycles. The average Bonchev–Trinajstić information content (AvgIpc) is 2.77. The van der Waals surface area contributed by atoms with E-state index in [1.807, 2.05) is 6.92 Å². The van der Waals surface area contributed by atoms with Crippen LogP contribution in [0.15, 0.2) is 6.20 Å². The molecule has 7 heteroatoms. The van der Waals surface area contributed by atoms with Gasteiger partial charge in [-0.05, 0) is 26.3 Å². The van der Waals surface area contributed by atoms with Crippen LogP contribution in [0.1, 0.15) is 36.1 Å². The minimum atomic E-state index is -4.34. The molecule has 19 heavy (non-hydrogen) atoms. The SMILES string of the molecule is CC(N)C1CCCCN1Cc1cnc(C(F)(F)F)s1. The van der Waals surface area contributed by atoms with Gasteiger partial charge in [-0.25, -0.2) is 4.98 Å². The van der Waals surface area contributed by atoms with Gasteiger partial charge in [0.05, 0.1) is 0 Å². The molecule has 2 heterocycles. The van der Waals surface area contributed by atoms with Crippen LogP contribution in [0, 0.1) is 0 Å². The maximum Gasteiger partial charge on any atom is 0.443 e. The first-order valence-corrected chi connectivity index (χ1v) is 7.21. The summed E-state index contributed by atoms with van der Waals surface area (Å²) in [4.78, 5) is 6.29. The van der Waals surface area contributed by atoms with Crippen molar-refractivity contribution >= 4 is 11.3 Å². The molecule has 2 N–H and O–H groups in total. The third kappa shape index (κ3) is 3.67. The Morgan fingerprint density at radius 3 is 2.84 bits per heavy atom. The minimum Gasteiger partial charge on any atom is -0.327 e. The van der Waals surface area contributed by atoms with Crippen molar-refractivity contribution in [1.82, 2.24) is 9.88 Å². The molecule has 2 rings (SSSR count). The maximum atomic E-state index is 12.5. The van der Waals surface area contributed by atoms with E-state index in [9.17, 15) is 13.2 Å². The molecule has 1 aromatic heterocycles.